The molecule has 2 aliphatic heterocycles. The molecule has 188 valence electrons. The van der Waals surface area contributed by atoms with Crippen molar-refractivity contribution in [2.24, 2.45) is 0 Å². The summed E-state index contributed by atoms with van der Waals surface area (Å²) in [7, 11) is -3.28. The molecule has 0 radical (unpaired) electrons. The van der Waals surface area contributed by atoms with Crippen LogP contribution >= 0.6 is 0 Å². The molecule has 1 fully saturated rings. The van der Waals surface area contributed by atoms with Gasteiger partial charge in [0.15, 0.2) is 0 Å². The van der Waals surface area contributed by atoms with Crippen LogP contribution in [0.3, 0.4) is 0 Å². The van der Waals surface area contributed by atoms with Crippen LogP contribution in [0.4, 0.5) is 11.5 Å². The molecule has 0 spiro atoms. The Labute approximate surface area is 205 Å². The van der Waals surface area contributed by atoms with Gasteiger partial charge in [-0.1, -0.05) is 18.2 Å². The Morgan fingerprint density at radius 3 is 2.54 bits per heavy atom. The van der Waals surface area contributed by atoms with E-state index in [1.165, 1.54) is 15.5 Å². The maximum Gasteiger partial charge on any atom is 0.273 e. The summed E-state index contributed by atoms with van der Waals surface area (Å²) in [5.74, 6) is 0.732. The highest BCUT2D eigenvalue weighted by Crippen LogP contribution is 2.27. The predicted octanol–water partition coefficient (Wildman–Crippen LogP) is 1.93. The van der Waals surface area contributed by atoms with Gasteiger partial charge in [0.2, 0.25) is 15.9 Å². The Morgan fingerprint density at radius 2 is 1.77 bits per heavy atom. The highest BCUT2D eigenvalue weighted by atomic mass is 32.2. The van der Waals surface area contributed by atoms with Crippen LogP contribution in [-0.4, -0.2) is 91.5 Å². The first-order valence-electron chi connectivity index (χ1n) is 11.8. The average molecular weight is 502 g/mol. The lowest BCUT2D eigenvalue weighted by atomic mass is 10.2. The van der Waals surface area contributed by atoms with Crippen molar-refractivity contribution in [2.75, 3.05) is 57.4 Å². The van der Waals surface area contributed by atoms with Crippen molar-refractivity contribution >= 4 is 33.3 Å². The third-order valence-electron chi connectivity index (χ3n) is 6.12. The van der Waals surface area contributed by atoms with Crippen LogP contribution < -0.4 is 10.1 Å². The minimum Gasteiger partial charge on any atom is -0.491 e. The number of pyridine rings is 1. The minimum atomic E-state index is -3.28. The molecule has 0 saturated carbocycles. The molecule has 35 heavy (non-hydrogen) atoms. The van der Waals surface area contributed by atoms with E-state index < -0.39 is 10.0 Å². The van der Waals surface area contributed by atoms with E-state index in [-0.39, 0.29) is 37.1 Å². The predicted molar refractivity (Wildman–Crippen MR) is 132 cm³/mol. The molecule has 2 aliphatic rings. The third kappa shape index (κ3) is 6.49. The number of piperazine rings is 1. The van der Waals surface area contributed by atoms with E-state index >= 15 is 0 Å². The summed E-state index contributed by atoms with van der Waals surface area (Å²) in [6.07, 6.45) is 3.56. The van der Waals surface area contributed by atoms with Gasteiger partial charge in [0.05, 0.1) is 18.6 Å². The van der Waals surface area contributed by atoms with Gasteiger partial charge >= 0.3 is 0 Å². The second-order valence-corrected chi connectivity index (χ2v) is 10.7. The smallest absolute Gasteiger partial charge is 0.273 e. The molecule has 3 heterocycles. The summed E-state index contributed by atoms with van der Waals surface area (Å²) in [4.78, 5) is 34.0. The van der Waals surface area contributed by atoms with Crippen molar-refractivity contribution < 1.29 is 22.7 Å². The first-order valence-corrected chi connectivity index (χ1v) is 13.6. The molecule has 2 aromatic rings. The number of sulfonamides is 1. The van der Waals surface area contributed by atoms with Gasteiger partial charge in [-0.2, -0.15) is 4.31 Å². The molecule has 0 atom stereocenters. The lowest BCUT2D eigenvalue weighted by Gasteiger charge is -2.34. The molecular weight excluding hydrogens is 470 g/mol. The summed E-state index contributed by atoms with van der Waals surface area (Å²) in [6, 6.07) is 12.8. The molecule has 0 unspecified atom stereocenters. The fourth-order valence-electron chi connectivity index (χ4n) is 4.17. The van der Waals surface area contributed by atoms with E-state index in [4.69, 9.17) is 4.74 Å². The van der Waals surface area contributed by atoms with Crippen LogP contribution in [0, 0.1) is 0 Å². The average Bonchev–Trinajstić information content (AvgIpc) is 2.85. The van der Waals surface area contributed by atoms with Crippen LogP contribution in [0.2, 0.25) is 0 Å². The maximum absolute atomic E-state index is 13.4. The van der Waals surface area contributed by atoms with Crippen LogP contribution in [0.25, 0.3) is 0 Å². The zero-order valence-corrected chi connectivity index (χ0v) is 20.7. The zero-order chi connectivity index (χ0) is 24.8. The standard InChI is InChI=1S/C24H31N5O5S/c1-35(32,33)29-15-13-27(14-16-29)23(30)18-28-12-5-2-6-17-34-21-10-4-3-8-19(21)25-22-11-7-9-20(26-22)24(28)31/h3-4,7-11H,2,5-6,12-18H2,1H3,(H,25,26). The molecule has 10 nitrogen and oxygen atoms in total. The number of carbonyl (C=O) groups excluding carboxylic acids is 2. The number of benzene rings is 1. The number of carbonyl (C=O) groups is 2. The quantitative estimate of drug-likeness (QED) is 0.684. The van der Waals surface area contributed by atoms with Gasteiger partial charge in [-0.15, -0.1) is 0 Å². The van der Waals surface area contributed by atoms with E-state index in [0.717, 1.165) is 30.7 Å². The summed E-state index contributed by atoms with van der Waals surface area (Å²) >= 11 is 0. The first kappa shape index (κ1) is 24.9. The van der Waals surface area contributed by atoms with Crippen LogP contribution in [0.15, 0.2) is 42.5 Å². The molecule has 2 amide bonds. The molecule has 1 N–H and O–H groups in total. The highest BCUT2D eigenvalue weighted by molar-refractivity contribution is 7.88. The van der Waals surface area contributed by atoms with E-state index in [2.05, 4.69) is 10.3 Å². The monoisotopic (exact) mass is 501 g/mol. The second-order valence-electron chi connectivity index (χ2n) is 8.71. The zero-order valence-electron chi connectivity index (χ0n) is 19.9. The molecular formula is C24H31N5O5S. The number of anilines is 2. The van der Waals surface area contributed by atoms with Crippen molar-refractivity contribution in [2.45, 2.75) is 19.3 Å². The van der Waals surface area contributed by atoms with Crippen molar-refractivity contribution in [3.63, 3.8) is 0 Å². The van der Waals surface area contributed by atoms with Crippen molar-refractivity contribution in [1.29, 1.82) is 0 Å². The number of para-hydroxylation sites is 2. The number of rotatable bonds is 3. The van der Waals surface area contributed by atoms with E-state index in [9.17, 15) is 18.0 Å². The van der Waals surface area contributed by atoms with Gasteiger partial charge in [0.25, 0.3) is 5.91 Å². The molecule has 0 aliphatic carbocycles. The summed E-state index contributed by atoms with van der Waals surface area (Å²) in [6.45, 7) is 2.03. The van der Waals surface area contributed by atoms with Crippen molar-refractivity contribution in [3.05, 3.63) is 48.2 Å². The Bertz CT molecular complexity index is 1160. The fraction of sp³-hybridized carbons (Fsp3) is 0.458. The van der Waals surface area contributed by atoms with Gasteiger partial charge in [0, 0.05) is 32.7 Å². The highest BCUT2D eigenvalue weighted by Gasteiger charge is 2.28. The Hall–Kier alpha value is -3.18. The Morgan fingerprint density at radius 1 is 1.00 bits per heavy atom. The largest absolute Gasteiger partial charge is 0.491 e. The number of nitrogens with zero attached hydrogens (tertiary/aromatic N) is 4. The maximum atomic E-state index is 13.4. The lowest BCUT2D eigenvalue weighted by Crippen LogP contribution is -2.53. The molecule has 1 aromatic carbocycles. The Balaban J connectivity index is 1.50. The van der Waals surface area contributed by atoms with Crippen LogP contribution in [-0.2, 0) is 14.8 Å². The third-order valence-corrected chi connectivity index (χ3v) is 7.42. The summed E-state index contributed by atoms with van der Waals surface area (Å²) in [5.41, 5.74) is 1.02. The lowest BCUT2D eigenvalue weighted by molar-refractivity contribution is -0.133. The Kier molecular flexibility index (Phi) is 7.86. The van der Waals surface area contributed by atoms with E-state index in [0.29, 0.717) is 32.1 Å². The molecule has 11 heteroatoms. The van der Waals surface area contributed by atoms with Gasteiger partial charge < -0.3 is 19.9 Å². The fourth-order valence-corrected chi connectivity index (χ4v) is 4.99. The molecule has 4 rings (SSSR count). The minimum absolute atomic E-state index is 0.0730. The topological polar surface area (TPSA) is 112 Å². The first-order chi connectivity index (χ1) is 16.8. The number of aromatic nitrogens is 1. The number of fused-ring (bicyclic) bond motifs is 3. The number of hydrogen-bond donors (Lipinski definition) is 1. The number of amides is 2. The van der Waals surface area contributed by atoms with E-state index in [1.807, 2.05) is 24.3 Å². The molecule has 1 aromatic heterocycles. The normalized spacial score (nSPS) is 18.1. The van der Waals surface area contributed by atoms with Gasteiger partial charge in [-0.05, 0) is 43.5 Å². The number of nitrogens with one attached hydrogen (secondary N) is 1. The van der Waals surface area contributed by atoms with E-state index in [1.54, 1.807) is 23.1 Å². The SMILES string of the molecule is CS(=O)(=O)N1CCN(C(=O)CN2CCCCCOc3ccccc3Nc3cccc(n3)C2=O)CC1. The van der Waals surface area contributed by atoms with Gasteiger partial charge in [0.1, 0.15) is 23.8 Å². The molecule has 1 saturated heterocycles. The van der Waals surface area contributed by atoms with Crippen molar-refractivity contribution in [3.8, 4) is 5.75 Å². The van der Waals surface area contributed by atoms with Crippen LogP contribution in [0.5, 0.6) is 5.75 Å². The number of hydrogen-bond acceptors (Lipinski definition) is 7. The van der Waals surface area contributed by atoms with Crippen LogP contribution in [0.1, 0.15) is 29.8 Å². The van der Waals surface area contributed by atoms with Gasteiger partial charge in [-0.25, -0.2) is 13.4 Å². The summed E-state index contributed by atoms with van der Waals surface area (Å²) < 4.78 is 30.8. The van der Waals surface area contributed by atoms with Gasteiger partial charge in [-0.3, -0.25) is 9.59 Å². The molecule has 2 bridgehead atoms. The number of ether oxygens (including phenoxy) is 1. The van der Waals surface area contributed by atoms with Crippen molar-refractivity contribution in [1.82, 2.24) is 19.1 Å². The second kappa shape index (κ2) is 11.0. The summed E-state index contributed by atoms with van der Waals surface area (Å²) in [5, 5.41) is 3.22.